The van der Waals surface area contributed by atoms with E-state index in [2.05, 4.69) is 16.0 Å². The molecule has 1 aromatic carbocycles. The molecule has 1 aliphatic carbocycles. The molecule has 1 saturated carbocycles. The number of amides is 1. The Kier molecular flexibility index (Phi) is 6.14. The van der Waals surface area contributed by atoms with E-state index < -0.39 is 15.9 Å². The molecular formula is C14H14Cl3N3O3S. The van der Waals surface area contributed by atoms with E-state index in [1.54, 1.807) is 18.2 Å². The first-order valence-electron chi connectivity index (χ1n) is 6.95. The van der Waals surface area contributed by atoms with Crippen LogP contribution in [-0.4, -0.2) is 32.1 Å². The maximum Gasteiger partial charge on any atom is 0.337 e. The monoisotopic (exact) mass is 409 g/mol. The van der Waals surface area contributed by atoms with Gasteiger partial charge in [0.1, 0.15) is 6.17 Å². The molecule has 24 heavy (non-hydrogen) atoms. The van der Waals surface area contributed by atoms with Crippen molar-refractivity contribution in [1.29, 1.82) is 0 Å². The molecule has 0 radical (unpaired) electrons. The molecule has 6 nitrogen and oxygen atoms in total. The van der Waals surface area contributed by atoms with E-state index in [1.807, 2.05) is 0 Å². The van der Waals surface area contributed by atoms with Crippen molar-refractivity contribution in [3.63, 3.8) is 0 Å². The molecule has 1 amide bonds. The molecule has 1 unspecified atom stereocenters. The van der Waals surface area contributed by atoms with Crippen LogP contribution in [0.15, 0.2) is 24.3 Å². The second-order valence-corrected chi connectivity index (χ2v) is 7.98. The number of aromatic carboxylic acids is 1. The van der Waals surface area contributed by atoms with Gasteiger partial charge in [-0.15, -0.1) is 0 Å². The number of carbonyl (C=O) groups excluding carboxylic acids is 1. The lowest BCUT2D eigenvalue weighted by molar-refractivity contribution is -0.123. The van der Waals surface area contributed by atoms with Gasteiger partial charge in [0.15, 0.2) is 5.11 Å². The van der Waals surface area contributed by atoms with Gasteiger partial charge in [0.2, 0.25) is 9.70 Å². The molecule has 0 bridgehead atoms. The first-order chi connectivity index (χ1) is 11.2. The zero-order chi connectivity index (χ0) is 17.9. The van der Waals surface area contributed by atoms with E-state index in [0.717, 1.165) is 12.8 Å². The first-order valence-corrected chi connectivity index (χ1v) is 8.49. The lowest BCUT2D eigenvalue weighted by Crippen LogP contribution is -2.56. The maximum atomic E-state index is 11.9. The number of rotatable bonds is 5. The predicted molar refractivity (Wildman–Crippen MR) is 97.7 cm³/mol. The Morgan fingerprint density at radius 3 is 2.38 bits per heavy atom. The standard InChI is InChI=1S/C14H14Cl3N3O3S/c15-14(16,17)12(19-10(21)7-5-6-7)20-13(24)18-9-4-2-1-3-8(9)11(22)23/h1-4,7,12H,5-6H2,(H,19,21)(H,22,23)(H2,18,20,24). The maximum absolute atomic E-state index is 11.9. The molecule has 1 aromatic rings. The van der Waals surface area contributed by atoms with Gasteiger partial charge in [-0.25, -0.2) is 4.79 Å². The van der Waals surface area contributed by atoms with Gasteiger partial charge >= 0.3 is 5.97 Å². The van der Waals surface area contributed by atoms with Gasteiger partial charge in [0, 0.05) is 5.92 Å². The molecule has 10 heteroatoms. The van der Waals surface area contributed by atoms with Crippen LogP contribution in [0.5, 0.6) is 0 Å². The smallest absolute Gasteiger partial charge is 0.337 e. The topological polar surface area (TPSA) is 90.5 Å². The van der Waals surface area contributed by atoms with Crippen LogP contribution in [0.1, 0.15) is 23.2 Å². The van der Waals surface area contributed by atoms with E-state index >= 15 is 0 Å². The van der Waals surface area contributed by atoms with Crippen molar-refractivity contribution in [1.82, 2.24) is 10.6 Å². The van der Waals surface area contributed by atoms with E-state index in [-0.39, 0.29) is 28.2 Å². The summed E-state index contributed by atoms with van der Waals surface area (Å²) in [7, 11) is 0. The SMILES string of the molecule is O=C(O)c1ccccc1NC(=S)NC(NC(=O)C1CC1)C(Cl)(Cl)Cl. The summed E-state index contributed by atoms with van der Waals surface area (Å²) in [5.74, 6) is -1.41. The van der Waals surface area contributed by atoms with Crippen LogP contribution in [0, 0.1) is 5.92 Å². The van der Waals surface area contributed by atoms with Crippen LogP contribution >= 0.6 is 47.0 Å². The number of alkyl halides is 3. The van der Waals surface area contributed by atoms with Gasteiger partial charge in [-0.2, -0.15) is 0 Å². The van der Waals surface area contributed by atoms with Gasteiger partial charge in [-0.3, -0.25) is 4.79 Å². The summed E-state index contributed by atoms with van der Waals surface area (Å²) in [5.41, 5.74) is 0.313. The van der Waals surface area contributed by atoms with Crippen LogP contribution in [-0.2, 0) is 4.79 Å². The Bertz CT molecular complexity index is 662. The number of hydrogen-bond acceptors (Lipinski definition) is 3. The molecular weight excluding hydrogens is 397 g/mol. The highest BCUT2D eigenvalue weighted by Gasteiger charge is 2.38. The Hall–Kier alpha value is -1.28. The largest absolute Gasteiger partial charge is 0.478 e. The van der Waals surface area contributed by atoms with Crippen molar-refractivity contribution in [3.8, 4) is 0 Å². The Balaban J connectivity index is 2.05. The van der Waals surface area contributed by atoms with Crippen molar-refractivity contribution in [3.05, 3.63) is 29.8 Å². The van der Waals surface area contributed by atoms with Crippen LogP contribution in [0.4, 0.5) is 5.69 Å². The van der Waals surface area contributed by atoms with Crippen LogP contribution in [0.3, 0.4) is 0 Å². The lowest BCUT2D eigenvalue weighted by Gasteiger charge is -2.28. The number of para-hydroxylation sites is 1. The molecule has 0 aliphatic heterocycles. The molecule has 130 valence electrons. The van der Waals surface area contributed by atoms with E-state index in [9.17, 15) is 9.59 Å². The van der Waals surface area contributed by atoms with Crippen molar-refractivity contribution in [2.24, 2.45) is 5.92 Å². The summed E-state index contributed by atoms with van der Waals surface area (Å²) >= 11 is 22.7. The fraction of sp³-hybridized carbons (Fsp3) is 0.357. The summed E-state index contributed by atoms with van der Waals surface area (Å²) in [4.78, 5) is 23.1. The second-order valence-electron chi connectivity index (χ2n) is 5.21. The number of nitrogens with one attached hydrogen (secondary N) is 3. The summed E-state index contributed by atoms with van der Waals surface area (Å²) in [6.45, 7) is 0. The highest BCUT2D eigenvalue weighted by molar-refractivity contribution is 7.80. The quantitative estimate of drug-likeness (QED) is 0.339. The fourth-order valence-electron chi connectivity index (χ4n) is 1.87. The normalized spacial score (nSPS) is 15.3. The van der Waals surface area contributed by atoms with Crippen LogP contribution in [0.25, 0.3) is 0 Å². The molecule has 2 rings (SSSR count). The van der Waals surface area contributed by atoms with Crippen LogP contribution < -0.4 is 16.0 Å². The summed E-state index contributed by atoms with van der Waals surface area (Å²) in [6, 6.07) is 6.21. The molecule has 0 saturated heterocycles. The van der Waals surface area contributed by atoms with Crippen molar-refractivity contribution >= 4 is 69.7 Å². The zero-order valence-electron chi connectivity index (χ0n) is 12.2. The minimum Gasteiger partial charge on any atom is -0.478 e. The van der Waals surface area contributed by atoms with Crippen molar-refractivity contribution in [2.45, 2.75) is 22.8 Å². The number of benzene rings is 1. The Morgan fingerprint density at radius 1 is 1.21 bits per heavy atom. The molecule has 4 N–H and O–H groups in total. The molecule has 1 atom stereocenters. The highest BCUT2D eigenvalue weighted by Crippen LogP contribution is 2.32. The minimum absolute atomic E-state index is 0.0103. The Labute approximate surface area is 158 Å². The van der Waals surface area contributed by atoms with Gasteiger partial charge < -0.3 is 21.1 Å². The predicted octanol–water partition coefficient (Wildman–Crippen LogP) is 2.89. The Morgan fingerprint density at radius 2 is 1.83 bits per heavy atom. The third kappa shape index (κ3) is 5.37. The van der Waals surface area contributed by atoms with Gasteiger partial charge in [-0.05, 0) is 37.2 Å². The molecule has 0 spiro atoms. The number of hydrogen-bond donors (Lipinski definition) is 4. The van der Waals surface area contributed by atoms with Gasteiger partial charge in [0.25, 0.3) is 0 Å². The second kappa shape index (κ2) is 7.74. The van der Waals surface area contributed by atoms with Gasteiger partial charge in [0.05, 0.1) is 11.3 Å². The summed E-state index contributed by atoms with van der Waals surface area (Å²) in [6.07, 6.45) is 0.535. The van der Waals surface area contributed by atoms with Crippen molar-refractivity contribution < 1.29 is 14.7 Å². The molecule has 0 aromatic heterocycles. The average molecular weight is 411 g/mol. The van der Waals surface area contributed by atoms with E-state index in [1.165, 1.54) is 6.07 Å². The van der Waals surface area contributed by atoms with E-state index in [4.69, 9.17) is 52.1 Å². The zero-order valence-corrected chi connectivity index (χ0v) is 15.3. The number of halogens is 3. The summed E-state index contributed by atoms with van der Waals surface area (Å²) in [5, 5.41) is 17.2. The fourth-order valence-corrected chi connectivity index (χ4v) is 2.43. The lowest BCUT2D eigenvalue weighted by atomic mass is 10.2. The highest BCUT2D eigenvalue weighted by atomic mass is 35.6. The molecule has 0 heterocycles. The number of carbonyl (C=O) groups is 2. The average Bonchev–Trinajstić information content (AvgIpc) is 3.30. The minimum atomic E-state index is -1.84. The molecule has 1 aliphatic rings. The first kappa shape index (κ1) is 19.1. The van der Waals surface area contributed by atoms with E-state index in [0.29, 0.717) is 0 Å². The third-order valence-corrected chi connectivity index (χ3v) is 4.12. The summed E-state index contributed by atoms with van der Waals surface area (Å²) < 4.78 is -1.84. The number of anilines is 1. The third-order valence-electron chi connectivity index (χ3n) is 3.24. The number of carboxylic acids is 1. The van der Waals surface area contributed by atoms with Crippen LogP contribution in [0.2, 0.25) is 0 Å². The number of thiocarbonyl (C=S) groups is 1. The number of carboxylic acid groups (broad SMARTS) is 1. The molecule has 1 fully saturated rings. The van der Waals surface area contributed by atoms with Gasteiger partial charge in [-0.1, -0.05) is 46.9 Å². The van der Waals surface area contributed by atoms with Crippen molar-refractivity contribution in [2.75, 3.05) is 5.32 Å².